The molecule has 7 rings (SSSR count). The van der Waals surface area contributed by atoms with Gasteiger partial charge in [-0.25, -0.2) is 4.79 Å². The standard InChI is InChI=1S/C37H38N2O3/c1-3-4-21-39(27-15-9-6-10-16-27)28-19-20-31-35(23-28)41-34-22-25(2)33(38-26-13-7-5-8-14-26)24-32(34)37(31)30-18-12-11-17-29(30)36(40)42-37/h5,7-8,11-14,17-20,22-24,27,38H,3-4,6,9-10,15-16,21H2,1-2H3. The van der Waals surface area contributed by atoms with Crippen LogP contribution in [-0.4, -0.2) is 18.6 Å². The molecule has 4 aromatic rings. The Labute approximate surface area is 248 Å². The van der Waals surface area contributed by atoms with Gasteiger partial charge in [0, 0.05) is 52.4 Å². The van der Waals surface area contributed by atoms with E-state index in [0.29, 0.717) is 11.6 Å². The monoisotopic (exact) mass is 558 g/mol. The first-order valence-corrected chi connectivity index (χ1v) is 15.5. The summed E-state index contributed by atoms with van der Waals surface area (Å²) in [5.41, 5.74) is 6.26. The van der Waals surface area contributed by atoms with Crippen molar-refractivity contribution in [1.82, 2.24) is 0 Å². The maximum atomic E-state index is 13.4. The van der Waals surface area contributed by atoms with Gasteiger partial charge in [-0.05, 0) is 74.2 Å². The van der Waals surface area contributed by atoms with Gasteiger partial charge in [-0.15, -0.1) is 0 Å². The predicted molar refractivity (Wildman–Crippen MR) is 168 cm³/mol. The number of carbonyl (C=O) groups excluding carboxylic acids is 1. The molecule has 1 fully saturated rings. The Kier molecular flexibility index (Phi) is 6.89. The van der Waals surface area contributed by atoms with E-state index in [1.54, 1.807) is 0 Å². The number of hydrogen-bond acceptors (Lipinski definition) is 5. The molecule has 4 aromatic carbocycles. The van der Waals surface area contributed by atoms with E-state index < -0.39 is 5.60 Å². The number of nitrogens with zero attached hydrogens (tertiary/aromatic N) is 1. The molecule has 0 radical (unpaired) electrons. The summed E-state index contributed by atoms with van der Waals surface area (Å²) in [6.07, 6.45) is 8.68. The molecular formula is C37H38N2O3. The van der Waals surface area contributed by atoms with E-state index in [9.17, 15) is 4.79 Å². The number of carbonyl (C=O) groups is 1. The van der Waals surface area contributed by atoms with E-state index >= 15 is 0 Å². The van der Waals surface area contributed by atoms with Crippen LogP contribution in [0.1, 0.15) is 84.5 Å². The van der Waals surface area contributed by atoms with Crippen LogP contribution in [0.2, 0.25) is 0 Å². The van der Waals surface area contributed by atoms with Crippen molar-refractivity contribution < 1.29 is 14.3 Å². The van der Waals surface area contributed by atoms with Gasteiger partial charge in [0.05, 0.1) is 5.56 Å². The predicted octanol–water partition coefficient (Wildman–Crippen LogP) is 9.25. The van der Waals surface area contributed by atoms with E-state index in [4.69, 9.17) is 9.47 Å². The molecule has 1 unspecified atom stereocenters. The van der Waals surface area contributed by atoms with Gasteiger partial charge in [0.1, 0.15) is 11.5 Å². The number of para-hydroxylation sites is 1. The van der Waals surface area contributed by atoms with Crippen molar-refractivity contribution in [2.24, 2.45) is 0 Å². The van der Waals surface area contributed by atoms with Gasteiger partial charge < -0.3 is 19.7 Å². The minimum atomic E-state index is -1.09. The summed E-state index contributed by atoms with van der Waals surface area (Å²) in [6.45, 7) is 5.37. The zero-order valence-electron chi connectivity index (χ0n) is 24.5. The summed E-state index contributed by atoms with van der Waals surface area (Å²) in [5, 5.41) is 3.57. The molecule has 1 saturated carbocycles. The molecule has 1 atom stereocenters. The number of hydrogen-bond donors (Lipinski definition) is 1. The van der Waals surface area contributed by atoms with Gasteiger partial charge in [-0.1, -0.05) is 69.0 Å². The fourth-order valence-electron chi connectivity index (χ4n) is 7.04. The molecule has 5 nitrogen and oxygen atoms in total. The van der Waals surface area contributed by atoms with E-state index in [1.807, 2.05) is 54.6 Å². The summed E-state index contributed by atoms with van der Waals surface area (Å²) < 4.78 is 13.2. The number of benzene rings is 4. The minimum absolute atomic E-state index is 0.307. The van der Waals surface area contributed by atoms with E-state index in [0.717, 1.165) is 64.5 Å². The first kappa shape index (κ1) is 26.6. The van der Waals surface area contributed by atoms with Gasteiger partial charge in [0.25, 0.3) is 0 Å². The second-order valence-electron chi connectivity index (χ2n) is 11.9. The van der Waals surface area contributed by atoms with Crippen LogP contribution in [-0.2, 0) is 10.3 Å². The highest BCUT2D eigenvalue weighted by Crippen LogP contribution is 2.57. The lowest BCUT2D eigenvalue weighted by Crippen LogP contribution is -2.38. The molecule has 214 valence electrons. The van der Waals surface area contributed by atoms with E-state index in [2.05, 4.69) is 54.4 Å². The summed E-state index contributed by atoms with van der Waals surface area (Å²) in [6, 6.07) is 29.1. The van der Waals surface area contributed by atoms with Crippen molar-refractivity contribution >= 4 is 23.0 Å². The molecule has 1 aliphatic carbocycles. The minimum Gasteiger partial charge on any atom is -0.456 e. The van der Waals surface area contributed by atoms with Gasteiger partial charge >= 0.3 is 5.97 Å². The lowest BCUT2D eigenvalue weighted by Gasteiger charge is -2.39. The van der Waals surface area contributed by atoms with E-state index in [-0.39, 0.29) is 5.97 Å². The average Bonchev–Trinajstić information content (AvgIpc) is 3.32. The molecule has 0 bridgehead atoms. The molecule has 3 aliphatic rings. The quantitative estimate of drug-likeness (QED) is 0.229. The third-order valence-corrected chi connectivity index (χ3v) is 9.19. The van der Waals surface area contributed by atoms with Crippen molar-refractivity contribution in [2.75, 3.05) is 16.8 Å². The van der Waals surface area contributed by atoms with Crippen molar-refractivity contribution in [1.29, 1.82) is 0 Å². The lowest BCUT2D eigenvalue weighted by atomic mass is 9.77. The molecule has 5 heteroatoms. The molecule has 0 saturated heterocycles. The Morgan fingerprint density at radius 3 is 2.43 bits per heavy atom. The van der Waals surface area contributed by atoms with Crippen molar-refractivity contribution in [2.45, 2.75) is 70.4 Å². The van der Waals surface area contributed by atoms with Gasteiger partial charge in [-0.2, -0.15) is 0 Å². The molecule has 2 aliphatic heterocycles. The van der Waals surface area contributed by atoms with Crippen LogP contribution in [0.15, 0.2) is 84.9 Å². The van der Waals surface area contributed by atoms with Crippen molar-refractivity contribution in [3.8, 4) is 11.5 Å². The highest BCUT2D eigenvalue weighted by atomic mass is 16.6. The van der Waals surface area contributed by atoms with Crippen LogP contribution in [0.3, 0.4) is 0 Å². The lowest BCUT2D eigenvalue weighted by molar-refractivity contribution is 0.0224. The molecular weight excluding hydrogens is 520 g/mol. The topological polar surface area (TPSA) is 50.8 Å². The maximum absolute atomic E-state index is 13.4. The Bertz CT molecular complexity index is 1630. The molecule has 1 N–H and O–H groups in total. The number of aryl methyl sites for hydroxylation is 1. The van der Waals surface area contributed by atoms with Gasteiger partial charge in [0.2, 0.25) is 0 Å². The zero-order chi connectivity index (χ0) is 28.7. The normalized spacial score (nSPS) is 19.0. The van der Waals surface area contributed by atoms with Gasteiger partial charge in [0.15, 0.2) is 5.60 Å². The van der Waals surface area contributed by atoms with Crippen LogP contribution in [0.25, 0.3) is 0 Å². The van der Waals surface area contributed by atoms with Crippen molar-refractivity contribution in [3.05, 3.63) is 113 Å². The number of rotatable bonds is 7. The third kappa shape index (κ3) is 4.43. The number of nitrogens with one attached hydrogen (secondary N) is 1. The number of unbranched alkanes of at least 4 members (excludes halogenated alkanes) is 1. The first-order valence-electron chi connectivity index (χ1n) is 15.5. The number of ether oxygens (including phenoxy) is 2. The van der Waals surface area contributed by atoms with Gasteiger partial charge in [-0.3, -0.25) is 0 Å². The summed E-state index contributed by atoms with van der Waals surface area (Å²) >= 11 is 0. The van der Waals surface area contributed by atoms with Crippen LogP contribution in [0.4, 0.5) is 17.1 Å². The largest absolute Gasteiger partial charge is 0.456 e. The maximum Gasteiger partial charge on any atom is 0.340 e. The first-order chi connectivity index (χ1) is 20.6. The molecule has 2 heterocycles. The third-order valence-electron chi connectivity index (χ3n) is 9.19. The Balaban J connectivity index is 1.38. The van der Waals surface area contributed by atoms with Crippen LogP contribution in [0, 0.1) is 6.92 Å². The summed E-state index contributed by atoms with van der Waals surface area (Å²) in [7, 11) is 0. The average molecular weight is 559 g/mol. The number of esters is 1. The Morgan fingerprint density at radius 1 is 0.857 bits per heavy atom. The second kappa shape index (κ2) is 10.9. The molecule has 42 heavy (non-hydrogen) atoms. The summed E-state index contributed by atoms with van der Waals surface area (Å²) in [4.78, 5) is 16.0. The highest BCUT2D eigenvalue weighted by molar-refractivity contribution is 5.97. The second-order valence-corrected chi connectivity index (χ2v) is 11.9. The van der Waals surface area contributed by atoms with Crippen LogP contribution in [0.5, 0.6) is 11.5 Å². The summed E-state index contributed by atoms with van der Waals surface area (Å²) in [5.74, 6) is 1.17. The molecule has 0 amide bonds. The fourth-order valence-corrected chi connectivity index (χ4v) is 7.04. The fraction of sp³-hybridized carbons (Fsp3) is 0.324. The van der Waals surface area contributed by atoms with Crippen molar-refractivity contribution in [3.63, 3.8) is 0 Å². The number of fused-ring (bicyclic) bond motifs is 6. The zero-order valence-corrected chi connectivity index (χ0v) is 24.5. The Hall–Kier alpha value is -4.25. The highest BCUT2D eigenvalue weighted by Gasteiger charge is 2.53. The van der Waals surface area contributed by atoms with Crippen LogP contribution >= 0.6 is 0 Å². The molecule has 1 spiro atoms. The van der Waals surface area contributed by atoms with Crippen LogP contribution < -0.4 is 15.0 Å². The Morgan fingerprint density at radius 2 is 1.62 bits per heavy atom. The molecule has 0 aromatic heterocycles. The van der Waals surface area contributed by atoms with E-state index in [1.165, 1.54) is 37.8 Å². The SMILES string of the molecule is CCCCN(c1ccc2c(c1)Oc1cc(C)c(Nc3ccccc3)cc1C21OC(=O)c2ccccc21)C1CCCCC1. The number of anilines is 3. The smallest absolute Gasteiger partial charge is 0.340 e.